The Labute approximate surface area is 130 Å². The van der Waals surface area contributed by atoms with E-state index in [1.54, 1.807) is 0 Å². The highest BCUT2D eigenvalue weighted by molar-refractivity contribution is 7.15. The molecule has 1 N–H and O–H groups in total. The van der Waals surface area contributed by atoms with Crippen molar-refractivity contribution in [2.24, 2.45) is 0 Å². The first-order valence-corrected chi connectivity index (χ1v) is 7.85. The maximum absolute atomic E-state index is 13.1. The largest absolute Gasteiger partial charge is 0.300 e. The lowest BCUT2D eigenvalue weighted by Crippen LogP contribution is -2.21. The molecular weight excluding hydrogens is 310 g/mol. The number of thiazole rings is 1. The molecule has 0 atom stereocenters. The molecule has 3 rings (SSSR count). The van der Waals surface area contributed by atoms with Crippen molar-refractivity contribution in [1.82, 2.24) is 14.8 Å². The van der Waals surface area contributed by atoms with Crippen LogP contribution in [0.15, 0.2) is 6.07 Å². The molecule has 1 fully saturated rings. The van der Waals surface area contributed by atoms with Crippen LogP contribution in [-0.2, 0) is 11.3 Å². The Bertz CT molecular complexity index is 686. The quantitative estimate of drug-likeness (QED) is 0.916. The molecule has 2 aromatic heterocycles. The predicted octanol–water partition coefficient (Wildman–Crippen LogP) is 3.41. The van der Waals surface area contributed by atoms with E-state index in [1.165, 1.54) is 17.4 Å². The first-order valence-electron chi connectivity index (χ1n) is 7.03. The van der Waals surface area contributed by atoms with Crippen LogP contribution in [0.1, 0.15) is 47.1 Å². The molecule has 118 valence electrons. The average Bonchev–Trinajstić information content (AvgIpc) is 3.12. The molecule has 0 saturated heterocycles. The minimum Gasteiger partial charge on any atom is -0.300 e. The van der Waals surface area contributed by atoms with Gasteiger partial charge in [-0.1, -0.05) is 0 Å². The number of aromatic nitrogens is 3. The number of carbonyl (C=O) groups excluding carboxylic acids is 1. The average molecular weight is 326 g/mol. The minimum atomic E-state index is -2.64. The molecular formula is C14H16F2N4OS. The smallest absolute Gasteiger partial charge is 0.280 e. The highest BCUT2D eigenvalue weighted by Crippen LogP contribution is 2.40. The van der Waals surface area contributed by atoms with Crippen LogP contribution < -0.4 is 5.32 Å². The molecule has 8 heteroatoms. The Hall–Kier alpha value is -1.83. The van der Waals surface area contributed by atoms with Crippen molar-refractivity contribution in [1.29, 1.82) is 0 Å². The molecule has 1 amide bonds. The first kappa shape index (κ1) is 15.1. The lowest BCUT2D eigenvalue weighted by molar-refractivity contribution is -0.117. The summed E-state index contributed by atoms with van der Waals surface area (Å²) in [6, 6.07) is 1.41. The highest BCUT2D eigenvalue weighted by Gasteiger charge is 2.29. The Morgan fingerprint density at radius 2 is 2.23 bits per heavy atom. The van der Waals surface area contributed by atoms with Crippen LogP contribution in [0.4, 0.5) is 13.9 Å². The maximum Gasteiger partial charge on any atom is 0.280 e. The molecule has 2 aromatic rings. The molecule has 22 heavy (non-hydrogen) atoms. The van der Waals surface area contributed by atoms with E-state index in [2.05, 4.69) is 15.4 Å². The summed E-state index contributed by atoms with van der Waals surface area (Å²) in [6.07, 6.45) is -0.690. The lowest BCUT2D eigenvalue weighted by Gasteiger charge is -2.06. The maximum atomic E-state index is 13.1. The number of hydrogen-bond donors (Lipinski definition) is 1. The monoisotopic (exact) mass is 326 g/mol. The minimum absolute atomic E-state index is 0.205. The number of nitrogens with zero attached hydrogens (tertiary/aromatic N) is 3. The third-order valence-electron chi connectivity index (χ3n) is 3.62. The number of nitrogens with one attached hydrogen (secondary N) is 1. The SMILES string of the molecule is Cc1nc(NC(=O)Cn2nc(C3CC3)cc2C(F)F)sc1C. The zero-order valence-electron chi connectivity index (χ0n) is 12.3. The fourth-order valence-corrected chi connectivity index (χ4v) is 2.98. The Kier molecular flexibility index (Phi) is 3.94. The third kappa shape index (κ3) is 3.16. The zero-order valence-corrected chi connectivity index (χ0v) is 13.1. The molecule has 0 bridgehead atoms. The van der Waals surface area contributed by atoms with Crippen molar-refractivity contribution in [3.63, 3.8) is 0 Å². The summed E-state index contributed by atoms with van der Waals surface area (Å²) in [5.74, 6) is -0.132. The van der Waals surface area contributed by atoms with Gasteiger partial charge in [0.05, 0.1) is 11.4 Å². The fraction of sp³-hybridized carbons (Fsp3) is 0.500. The van der Waals surface area contributed by atoms with Gasteiger partial charge in [0.2, 0.25) is 5.91 Å². The molecule has 1 aliphatic carbocycles. The molecule has 2 heterocycles. The van der Waals surface area contributed by atoms with Gasteiger partial charge in [-0.2, -0.15) is 5.10 Å². The van der Waals surface area contributed by atoms with E-state index >= 15 is 0 Å². The van der Waals surface area contributed by atoms with E-state index in [0.29, 0.717) is 10.8 Å². The predicted molar refractivity (Wildman–Crippen MR) is 79.4 cm³/mol. The lowest BCUT2D eigenvalue weighted by atomic mass is 10.3. The van der Waals surface area contributed by atoms with Crippen LogP contribution in [0.3, 0.4) is 0 Å². The van der Waals surface area contributed by atoms with Gasteiger partial charge in [0.1, 0.15) is 12.2 Å². The Balaban J connectivity index is 1.72. The van der Waals surface area contributed by atoms with Crippen molar-refractivity contribution in [3.8, 4) is 0 Å². The van der Waals surface area contributed by atoms with Crippen molar-refractivity contribution in [2.45, 2.75) is 45.6 Å². The van der Waals surface area contributed by atoms with Gasteiger partial charge in [0.25, 0.3) is 6.43 Å². The van der Waals surface area contributed by atoms with Crippen molar-refractivity contribution in [2.75, 3.05) is 5.32 Å². The molecule has 0 aromatic carbocycles. The fourth-order valence-electron chi connectivity index (χ4n) is 2.15. The standard InChI is InChI=1S/C14H16F2N4OS/c1-7-8(2)22-14(17-7)18-12(21)6-20-11(13(15)16)5-10(19-20)9-3-4-9/h5,9,13H,3-4,6H2,1-2H3,(H,17,18,21). The summed E-state index contributed by atoms with van der Waals surface area (Å²) in [6.45, 7) is 3.53. The first-order chi connectivity index (χ1) is 10.4. The number of alkyl halides is 2. The van der Waals surface area contributed by atoms with Gasteiger partial charge >= 0.3 is 0 Å². The van der Waals surface area contributed by atoms with Crippen LogP contribution in [0.25, 0.3) is 0 Å². The molecule has 5 nitrogen and oxygen atoms in total. The highest BCUT2D eigenvalue weighted by atomic mass is 32.1. The Morgan fingerprint density at radius 3 is 2.77 bits per heavy atom. The summed E-state index contributed by atoms with van der Waals surface area (Å²) in [5, 5.41) is 7.27. The van der Waals surface area contributed by atoms with Crippen LogP contribution >= 0.6 is 11.3 Å². The molecule has 1 aliphatic rings. The number of halogens is 2. The molecule has 0 aliphatic heterocycles. The molecule has 0 radical (unpaired) electrons. The van der Waals surface area contributed by atoms with Gasteiger partial charge in [-0.3, -0.25) is 9.48 Å². The van der Waals surface area contributed by atoms with Crippen molar-refractivity contribution < 1.29 is 13.6 Å². The normalized spacial score (nSPS) is 14.6. The van der Waals surface area contributed by atoms with Crippen molar-refractivity contribution in [3.05, 3.63) is 28.0 Å². The number of hydrogen-bond acceptors (Lipinski definition) is 4. The van der Waals surface area contributed by atoms with E-state index in [9.17, 15) is 13.6 Å². The van der Waals surface area contributed by atoms with Gasteiger partial charge in [-0.05, 0) is 32.8 Å². The molecule has 0 unspecified atom stereocenters. The number of aryl methyl sites for hydroxylation is 2. The number of anilines is 1. The van der Waals surface area contributed by atoms with Crippen LogP contribution in [0.5, 0.6) is 0 Å². The number of carbonyl (C=O) groups is 1. The van der Waals surface area contributed by atoms with Gasteiger partial charge in [-0.15, -0.1) is 11.3 Å². The Morgan fingerprint density at radius 1 is 1.50 bits per heavy atom. The van der Waals surface area contributed by atoms with Crippen LogP contribution in [-0.4, -0.2) is 20.7 Å². The molecule has 0 spiro atoms. The number of rotatable bonds is 5. The summed E-state index contributed by atoms with van der Waals surface area (Å²) >= 11 is 1.36. The topological polar surface area (TPSA) is 59.8 Å². The van der Waals surface area contributed by atoms with Crippen molar-refractivity contribution >= 4 is 22.4 Å². The van der Waals surface area contributed by atoms with E-state index < -0.39 is 12.3 Å². The van der Waals surface area contributed by atoms with Gasteiger partial charge in [0, 0.05) is 10.8 Å². The summed E-state index contributed by atoms with van der Waals surface area (Å²) in [4.78, 5) is 17.2. The van der Waals surface area contributed by atoms with Crippen LogP contribution in [0, 0.1) is 13.8 Å². The summed E-state index contributed by atoms with van der Waals surface area (Å²) in [5.41, 5.74) is 1.30. The number of amides is 1. The molecule has 1 saturated carbocycles. The summed E-state index contributed by atoms with van der Waals surface area (Å²) < 4.78 is 27.2. The van der Waals surface area contributed by atoms with E-state index in [-0.39, 0.29) is 18.2 Å². The summed E-state index contributed by atoms with van der Waals surface area (Å²) in [7, 11) is 0. The second kappa shape index (κ2) is 5.75. The second-order valence-corrected chi connectivity index (χ2v) is 6.64. The third-order valence-corrected chi connectivity index (χ3v) is 4.61. The zero-order chi connectivity index (χ0) is 15.9. The second-order valence-electron chi connectivity index (χ2n) is 5.44. The van der Waals surface area contributed by atoms with Crippen LogP contribution in [0.2, 0.25) is 0 Å². The van der Waals surface area contributed by atoms with E-state index in [0.717, 1.165) is 28.1 Å². The van der Waals surface area contributed by atoms with Gasteiger partial charge < -0.3 is 5.32 Å². The van der Waals surface area contributed by atoms with Gasteiger partial charge in [-0.25, -0.2) is 13.8 Å². The van der Waals surface area contributed by atoms with E-state index in [1.807, 2.05) is 13.8 Å². The van der Waals surface area contributed by atoms with Gasteiger partial charge in [0.15, 0.2) is 5.13 Å². The van der Waals surface area contributed by atoms with E-state index in [4.69, 9.17) is 0 Å².